The summed E-state index contributed by atoms with van der Waals surface area (Å²) in [6, 6.07) is 14.5. The minimum atomic E-state index is -0.346. The van der Waals surface area contributed by atoms with Crippen LogP contribution < -0.4 is 11.1 Å². The van der Waals surface area contributed by atoms with Crippen molar-refractivity contribution in [1.29, 1.82) is 0 Å². The fourth-order valence-electron chi connectivity index (χ4n) is 1.96. The number of anilines is 1. The monoisotopic (exact) mass is 366 g/mol. The average Bonchev–Trinajstić information content (AvgIpc) is 2.50. The van der Waals surface area contributed by atoms with Gasteiger partial charge in [-0.15, -0.1) is 0 Å². The Labute approximate surface area is 137 Å². The number of rotatable bonds is 4. The van der Waals surface area contributed by atoms with Crippen molar-refractivity contribution >= 4 is 39.1 Å². The summed E-state index contributed by atoms with van der Waals surface area (Å²) in [6.45, 7) is 1.82. The zero-order chi connectivity index (χ0) is 15.4. The summed E-state index contributed by atoms with van der Waals surface area (Å²) in [5, 5.41) is 3.45. The van der Waals surface area contributed by atoms with Crippen LogP contribution in [0.2, 0.25) is 5.02 Å². The fraction of sp³-hybridized carbons (Fsp3) is 0.188. The van der Waals surface area contributed by atoms with Crippen molar-refractivity contribution in [1.82, 2.24) is 0 Å². The molecule has 110 valence electrons. The minimum absolute atomic E-state index is 0.124. The molecule has 3 N–H and O–H groups in total. The third-order valence-electron chi connectivity index (χ3n) is 3.32. The Bertz CT molecular complexity index is 633. The summed E-state index contributed by atoms with van der Waals surface area (Å²) in [6.07, 6.45) is 0. The number of carbonyl (C=O) groups excluding carboxylic acids is 1. The predicted octanol–water partition coefficient (Wildman–Crippen LogP) is 4.38. The van der Waals surface area contributed by atoms with Crippen molar-refractivity contribution < 1.29 is 4.79 Å². The number of halogens is 2. The Kier molecular flexibility index (Phi) is 5.39. The second kappa shape index (κ2) is 7.07. The first kappa shape index (κ1) is 16.0. The molecule has 5 heteroatoms. The van der Waals surface area contributed by atoms with E-state index >= 15 is 0 Å². The highest BCUT2D eigenvalue weighted by atomic mass is 79.9. The van der Waals surface area contributed by atoms with Crippen molar-refractivity contribution in [3.63, 3.8) is 0 Å². The highest BCUT2D eigenvalue weighted by Gasteiger charge is 2.22. The normalized spacial score (nSPS) is 13.5. The van der Waals surface area contributed by atoms with Gasteiger partial charge in [0.2, 0.25) is 5.91 Å². The molecule has 0 saturated carbocycles. The fourth-order valence-corrected chi connectivity index (χ4v) is 2.45. The Hall–Kier alpha value is -1.36. The Morgan fingerprint density at radius 2 is 1.90 bits per heavy atom. The maximum Gasteiger partial charge on any atom is 0.229 e. The van der Waals surface area contributed by atoms with Gasteiger partial charge in [-0.3, -0.25) is 4.79 Å². The van der Waals surface area contributed by atoms with E-state index in [-0.39, 0.29) is 17.9 Å². The zero-order valence-electron chi connectivity index (χ0n) is 11.5. The first-order valence-electron chi connectivity index (χ1n) is 6.55. The number of hydrogen-bond acceptors (Lipinski definition) is 2. The van der Waals surface area contributed by atoms with E-state index < -0.39 is 0 Å². The van der Waals surface area contributed by atoms with E-state index in [1.165, 1.54) is 0 Å². The van der Waals surface area contributed by atoms with E-state index in [1.54, 1.807) is 18.2 Å². The summed E-state index contributed by atoms with van der Waals surface area (Å²) in [7, 11) is 0. The molecule has 0 aliphatic rings. The summed E-state index contributed by atoms with van der Waals surface area (Å²) in [5.41, 5.74) is 7.78. The number of benzene rings is 2. The van der Waals surface area contributed by atoms with Crippen molar-refractivity contribution in [3.8, 4) is 0 Å². The van der Waals surface area contributed by atoms with Crippen LogP contribution in [-0.4, -0.2) is 5.91 Å². The number of amides is 1. The molecule has 0 radical (unpaired) electrons. The quantitative estimate of drug-likeness (QED) is 0.842. The van der Waals surface area contributed by atoms with E-state index in [0.29, 0.717) is 10.7 Å². The molecule has 2 rings (SSSR count). The van der Waals surface area contributed by atoms with Gasteiger partial charge in [0, 0.05) is 16.2 Å². The van der Waals surface area contributed by atoms with Gasteiger partial charge in [-0.2, -0.15) is 0 Å². The largest absolute Gasteiger partial charge is 0.326 e. The molecule has 2 atom stereocenters. The van der Waals surface area contributed by atoms with Gasteiger partial charge in [-0.25, -0.2) is 0 Å². The van der Waals surface area contributed by atoms with Crippen LogP contribution in [0.1, 0.15) is 18.5 Å². The maximum atomic E-state index is 12.3. The van der Waals surface area contributed by atoms with Gasteiger partial charge in [0.05, 0.1) is 10.9 Å². The van der Waals surface area contributed by atoms with Gasteiger partial charge in [0.1, 0.15) is 0 Å². The number of nitrogens with one attached hydrogen (secondary N) is 1. The van der Waals surface area contributed by atoms with Crippen LogP contribution >= 0.6 is 27.5 Å². The second-order valence-corrected chi connectivity index (χ2v) is 6.10. The molecule has 0 aliphatic heterocycles. The van der Waals surface area contributed by atoms with Crippen LogP contribution in [0.4, 0.5) is 5.69 Å². The van der Waals surface area contributed by atoms with Crippen LogP contribution in [0.5, 0.6) is 0 Å². The lowest BCUT2D eigenvalue weighted by Gasteiger charge is -2.20. The lowest BCUT2D eigenvalue weighted by molar-refractivity contribution is -0.120. The van der Waals surface area contributed by atoms with Gasteiger partial charge in [-0.05, 0) is 39.7 Å². The third kappa shape index (κ3) is 4.06. The molecule has 0 saturated heterocycles. The number of carbonyl (C=O) groups is 1. The van der Waals surface area contributed by atoms with E-state index in [2.05, 4.69) is 21.2 Å². The molecule has 1 amide bonds. The van der Waals surface area contributed by atoms with Crippen molar-refractivity contribution in [3.05, 3.63) is 63.6 Å². The second-order valence-electron chi connectivity index (χ2n) is 4.84. The zero-order valence-corrected chi connectivity index (χ0v) is 13.9. The molecular weight excluding hydrogens is 352 g/mol. The van der Waals surface area contributed by atoms with Gasteiger partial charge in [-0.1, -0.05) is 48.9 Å². The lowest BCUT2D eigenvalue weighted by atomic mass is 9.94. The predicted molar refractivity (Wildman–Crippen MR) is 90.3 cm³/mol. The molecule has 2 aromatic rings. The van der Waals surface area contributed by atoms with Crippen LogP contribution in [0.25, 0.3) is 0 Å². The average molecular weight is 368 g/mol. The first-order chi connectivity index (χ1) is 9.99. The SMILES string of the molecule is CC(C(=O)Nc1ccc(Cl)c(Br)c1)C(N)c1ccccc1. The molecule has 21 heavy (non-hydrogen) atoms. The molecule has 2 aromatic carbocycles. The molecule has 0 heterocycles. The Morgan fingerprint density at radius 1 is 1.24 bits per heavy atom. The standard InChI is InChI=1S/C16H16BrClN2O/c1-10(15(19)11-5-3-2-4-6-11)16(21)20-12-7-8-14(18)13(17)9-12/h2-10,15H,19H2,1H3,(H,20,21). The molecule has 2 unspecified atom stereocenters. The van der Waals surface area contributed by atoms with Gasteiger partial charge in [0.25, 0.3) is 0 Å². The van der Waals surface area contributed by atoms with Crippen LogP contribution in [0.15, 0.2) is 53.0 Å². The summed E-state index contributed by atoms with van der Waals surface area (Å²) < 4.78 is 0.738. The van der Waals surface area contributed by atoms with Crippen LogP contribution in [-0.2, 0) is 4.79 Å². The highest BCUT2D eigenvalue weighted by Crippen LogP contribution is 2.26. The third-order valence-corrected chi connectivity index (χ3v) is 4.54. The van der Waals surface area contributed by atoms with Crippen molar-refractivity contribution in [2.75, 3.05) is 5.32 Å². The maximum absolute atomic E-state index is 12.3. The Balaban J connectivity index is 2.07. The molecule has 0 aromatic heterocycles. The molecule has 0 fully saturated rings. The van der Waals surface area contributed by atoms with Crippen LogP contribution in [0.3, 0.4) is 0 Å². The van der Waals surface area contributed by atoms with Crippen molar-refractivity contribution in [2.45, 2.75) is 13.0 Å². The minimum Gasteiger partial charge on any atom is -0.326 e. The Morgan fingerprint density at radius 3 is 2.52 bits per heavy atom. The topological polar surface area (TPSA) is 55.1 Å². The molecule has 0 spiro atoms. The van der Waals surface area contributed by atoms with E-state index in [9.17, 15) is 4.79 Å². The molecule has 0 aliphatic carbocycles. The lowest BCUT2D eigenvalue weighted by Crippen LogP contribution is -2.30. The van der Waals surface area contributed by atoms with E-state index in [4.69, 9.17) is 17.3 Å². The van der Waals surface area contributed by atoms with Gasteiger partial charge < -0.3 is 11.1 Å². The summed E-state index contributed by atoms with van der Waals surface area (Å²) >= 11 is 9.26. The van der Waals surface area contributed by atoms with Crippen LogP contribution in [0, 0.1) is 5.92 Å². The van der Waals surface area contributed by atoms with Crippen molar-refractivity contribution in [2.24, 2.45) is 11.7 Å². The van der Waals surface area contributed by atoms with E-state index in [1.807, 2.05) is 37.3 Å². The van der Waals surface area contributed by atoms with Gasteiger partial charge >= 0.3 is 0 Å². The smallest absolute Gasteiger partial charge is 0.229 e. The molecule has 0 bridgehead atoms. The van der Waals surface area contributed by atoms with Gasteiger partial charge in [0.15, 0.2) is 0 Å². The number of hydrogen-bond donors (Lipinski definition) is 2. The molecule has 3 nitrogen and oxygen atoms in total. The van der Waals surface area contributed by atoms with E-state index in [0.717, 1.165) is 10.0 Å². The molecular formula is C16H16BrClN2O. The number of nitrogens with two attached hydrogens (primary N) is 1. The summed E-state index contributed by atoms with van der Waals surface area (Å²) in [5.74, 6) is -0.470. The summed E-state index contributed by atoms with van der Waals surface area (Å²) in [4.78, 5) is 12.3. The first-order valence-corrected chi connectivity index (χ1v) is 7.72. The highest BCUT2D eigenvalue weighted by molar-refractivity contribution is 9.10.